The Morgan fingerprint density at radius 1 is 0.588 bits per heavy atom. The molecule has 515 valence electrons. The van der Waals surface area contributed by atoms with E-state index in [0.717, 1.165) is 138 Å². The molecule has 7 aliphatic carbocycles. The molecule has 6 aromatic heterocycles. The summed E-state index contributed by atoms with van der Waals surface area (Å²) < 4.78 is 52.2. The van der Waals surface area contributed by atoms with Gasteiger partial charge in [-0.1, -0.05) is 15.5 Å². The molecule has 0 spiro atoms. The Balaban J connectivity index is 0.000000148. The summed E-state index contributed by atoms with van der Waals surface area (Å²) in [7, 11) is 1.12. The Morgan fingerprint density at radius 3 is 1.28 bits per heavy atom. The number of esters is 1. The number of carboxylic acids is 1. The van der Waals surface area contributed by atoms with Crippen molar-refractivity contribution < 1.29 is 102 Å². The molecule has 6 N–H and O–H groups in total. The summed E-state index contributed by atoms with van der Waals surface area (Å²) in [5.74, 6) is 4.57. The van der Waals surface area contributed by atoms with Crippen LogP contribution in [0.1, 0.15) is 216 Å². The van der Waals surface area contributed by atoms with Gasteiger partial charge in [0.05, 0.1) is 57.4 Å². The van der Waals surface area contributed by atoms with Gasteiger partial charge in [0.25, 0.3) is 0 Å². The van der Waals surface area contributed by atoms with E-state index in [1.54, 1.807) is 43.4 Å². The third kappa shape index (κ3) is 18.9. The van der Waals surface area contributed by atoms with Crippen molar-refractivity contribution in [1.29, 1.82) is 0 Å². The molecule has 25 nitrogen and oxygen atoms in total. The zero-order chi connectivity index (χ0) is 68.2. The molecule has 0 aromatic carbocycles. The predicted molar refractivity (Wildman–Crippen MR) is 363 cm³/mol. The summed E-state index contributed by atoms with van der Waals surface area (Å²) in [5, 5.41) is 36.8. The van der Waals surface area contributed by atoms with Crippen LogP contribution in [0.25, 0.3) is 0 Å². The van der Waals surface area contributed by atoms with Crippen LogP contribution in [-0.4, -0.2) is 143 Å². The molecule has 32 heteroatoms. The van der Waals surface area contributed by atoms with Gasteiger partial charge in [0.2, 0.25) is 11.8 Å². The molecule has 9 heterocycles. The molecule has 6 aromatic rings. The maximum Gasteiger partial charge on any atom is 1.00 e. The maximum atomic E-state index is 11.5. The van der Waals surface area contributed by atoms with E-state index in [1.807, 2.05) is 79.8 Å². The van der Waals surface area contributed by atoms with Gasteiger partial charge in [0.15, 0.2) is 11.6 Å². The molecule has 97 heavy (non-hydrogen) atoms. The number of halogens is 3. The van der Waals surface area contributed by atoms with Crippen LogP contribution < -0.4 is 39.9 Å². The van der Waals surface area contributed by atoms with Crippen molar-refractivity contribution in [2.75, 3.05) is 20.3 Å². The van der Waals surface area contributed by atoms with E-state index in [2.05, 4.69) is 99.2 Å². The van der Waals surface area contributed by atoms with Crippen LogP contribution in [0.2, 0.25) is 0 Å². The number of hydrogen-bond donors (Lipinski definition) is 4. The van der Waals surface area contributed by atoms with Crippen molar-refractivity contribution in [2.45, 2.75) is 214 Å². The Labute approximate surface area is 614 Å². The topological polar surface area (TPSA) is 357 Å². The Kier molecular flexibility index (Phi) is 25.8. The van der Waals surface area contributed by atoms with E-state index in [9.17, 15) is 9.59 Å². The van der Waals surface area contributed by atoms with E-state index < -0.39 is 30.8 Å². The standard InChI is InChI=1S/C13H13BN3O3.C13H12BrN3O.C12H24B2O4.C10H10BrNO2.C9H8BrNO2.C4H8N2O.C4H8O.Na.H2O/c18-14-19-10-5-9(6-15-7-10)13(3-4-13)12-16-11(17-20-12)8-1-2-8;14-10-5-9(6-15-7-10)13(3-4-13)12-16-11(17-18-12)8-1-2-8;1-9(2)10(3,4)16-13(15-9)14-17-11(5,6)12(7,8)18-14;1-14-9(13)10(2-3-10)7-4-8(11)6-12-5-7;10-7-3-6(4-11-5-7)9(1-2-9)8(12)13;5-4(6-7)3-1-2-3;1-2-4-5-3-1;;/h5-8,18H,1-4H2;5-8H,1-4H2;1-8H3;4-6H,2-3H2,1H3;3-5H,1-2H2,(H,12,13);3,7H,1-2H2,(H2,5,6);1-4H2;;1H2/q;;;;;;;+1;/p-1. The average molecular weight is 1540 g/mol. The summed E-state index contributed by atoms with van der Waals surface area (Å²) in [6.45, 7) is 18.2. The van der Waals surface area contributed by atoms with E-state index >= 15 is 0 Å². The molecule has 7 saturated carbocycles. The van der Waals surface area contributed by atoms with E-state index in [4.69, 9.17) is 62.9 Å². The third-order valence-electron chi connectivity index (χ3n) is 19.5. The fraction of sp³-hybridized carbons (Fsp3) is 0.585. The number of carbonyl (C=O) groups is 2. The Hall–Kier alpha value is -4.76. The van der Waals surface area contributed by atoms with Gasteiger partial charge in [-0.15, -0.1) is 0 Å². The number of ether oxygens (including phenoxy) is 2. The number of carboxylic acid groups (broad SMARTS) is 1. The molecule has 0 bridgehead atoms. The zero-order valence-corrected chi connectivity index (χ0v) is 63.4. The monoisotopic (exact) mass is 1540 g/mol. The van der Waals surface area contributed by atoms with Gasteiger partial charge in [-0.3, -0.25) is 29.5 Å². The molecule has 3 saturated heterocycles. The number of carbonyl (C=O) groups excluding carboxylic acids is 1. The van der Waals surface area contributed by atoms with Crippen molar-refractivity contribution in [2.24, 2.45) is 16.8 Å². The van der Waals surface area contributed by atoms with Gasteiger partial charge < -0.3 is 68.3 Å². The number of nitrogens with zero attached hydrogens (tertiary/aromatic N) is 9. The van der Waals surface area contributed by atoms with Crippen LogP contribution in [0.15, 0.2) is 101 Å². The van der Waals surface area contributed by atoms with E-state index in [1.165, 1.54) is 38.4 Å². The number of aliphatic carboxylic acids is 1. The first-order valence-electron chi connectivity index (χ1n) is 32.3. The quantitative estimate of drug-likeness (QED) is 0.0198. The molecule has 10 fully saturated rings. The fourth-order valence-electron chi connectivity index (χ4n) is 10.9. The molecule has 10 aliphatic rings. The first kappa shape index (κ1) is 78.0. The minimum atomic E-state index is -0.743. The van der Waals surface area contributed by atoms with Crippen LogP contribution in [0, 0.1) is 5.92 Å². The molecule has 0 unspecified atom stereocenters. The van der Waals surface area contributed by atoms with Crippen molar-refractivity contribution in [3.05, 3.63) is 133 Å². The summed E-state index contributed by atoms with van der Waals surface area (Å²) >= 11 is 10.1. The van der Waals surface area contributed by atoms with Crippen LogP contribution >= 0.6 is 47.8 Å². The first-order valence-corrected chi connectivity index (χ1v) is 34.7. The number of aromatic nitrogens is 8. The summed E-state index contributed by atoms with van der Waals surface area (Å²) in [5.41, 5.74) is 6.29. The van der Waals surface area contributed by atoms with Gasteiger partial charge in [-0.25, -0.2) is 0 Å². The predicted octanol–water partition coefficient (Wildman–Crippen LogP) is 8.54. The Morgan fingerprint density at radius 2 is 0.969 bits per heavy atom. The van der Waals surface area contributed by atoms with Crippen LogP contribution in [0.4, 0.5) is 0 Å². The second kappa shape index (κ2) is 32.1. The van der Waals surface area contributed by atoms with Gasteiger partial charge in [0, 0.05) is 87.8 Å². The largest absolute Gasteiger partial charge is 1.00 e. The number of hydrogen-bond acceptors (Lipinski definition) is 23. The van der Waals surface area contributed by atoms with Gasteiger partial charge in [0.1, 0.15) is 11.6 Å². The number of nitrogens with two attached hydrogens (primary N) is 1. The molecule has 0 amide bonds. The second-order valence-corrected chi connectivity index (χ2v) is 30.5. The maximum absolute atomic E-state index is 11.5. The third-order valence-corrected chi connectivity index (χ3v) is 20.8. The van der Waals surface area contributed by atoms with E-state index in [0.29, 0.717) is 42.9 Å². The van der Waals surface area contributed by atoms with Crippen molar-refractivity contribution in [3.63, 3.8) is 0 Å². The van der Waals surface area contributed by atoms with Crippen LogP contribution in [-0.2, 0) is 59.3 Å². The SMILES string of the molecule is Brc1cncc(C2(c3nc(C4CC4)no3)CC2)c1.C1CCOC1.CC1(C)OB(B2OC(C)(C)C(C)(C)O2)OC1(C)C.COC(=O)C1(c2cncc(Br)c2)CC1.N/C(=N/O)C1CC1.O=C(O)C1(c2cncc(Br)c2)CC1.O[B]Oc1cncc(C2(c3nc(C4CC4)no3)CC2)c1.[Na+].[OH-]. The molecule has 0 atom stereocenters. The summed E-state index contributed by atoms with van der Waals surface area (Å²) in [6, 6.07) is 7.71. The van der Waals surface area contributed by atoms with Crippen molar-refractivity contribution in [3.8, 4) is 5.75 Å². The van der Waals surface area contributed by atoms with E-state index in [-0.39, 0.29) is 74.2 Å². The summed E-state index contributed by atoms with van der Waals surface area (Å²) in [6.07, 6.45) is 30.4. The zero-order valence-electron chi connectivity index (χ0n) is 56.6. The Bertz CT molecular complexity index is 3600. The first-order chi connectivity index (χ1) is 45.2. The van der Waals surface area contributed by atoms with Gasteiger partial charge in [-0.05, 0) is 252 Å². The summed E-state index contributed by atoms with van der Waals surface area (Å²) in [4.78, 5) is 48.0. The molecular weight excluding hydrogens is 1460 g/mol. The minimum Gasteiger partial charge on any atom is -0.870 e. The molecular formula is C65H84B3Br3N10NaO15. The van der Waals surface area contributed by atoms with Crippen LogP contribution in [0.3, 0.4) is 0 Å². The number of oxime groups is 1. The minimum absolute atomic E-state index is 0. The normalized spacial score (nSPS) is 21.7. The van der Waals surface area contributed by atoms with Gasteiger partial charge in [-0.2, -0.15) is 9.97 Å². The number of rotatable bonds is 14. The second-order valence-electron chi connectivity index (χ2n) is 27.8. The molecule has 1 radical (unpaired) electrons. The number of methoxy groups -OCH3 is 1. The molecule has 3 aliphatic heterocycles. The van der Waals surface area contributed by atoms with Gasteiger partial charge >= 0.3 is 63.2 Å². The van der Waals surface area contributed by atoms with Crippen molar-refractivity contribution >= 4 is 87.3 Å². The van der Waals surface area contributed by atoms with Crippen LogP contribution in [0.5, 0.6) is 5.75 Å². The smallest absolute Gasteiger partial charge is 0.870 e. The number of pyridine rings is 4. The van der Waals surface area contributed by atoms with Crippen molar-refractivity contribution in [1.82, 2.24) is 40.2 Å². The molecule has 16 rings (SSSR count). The number of amidine groups is 1. The average Bonchev–Trinajstić information content (AvgIpc) is 1.59. The fourth-order valence-corrected chi connectivity index (χ4v) is 11.9.